The van der Waals surface area contributed by atoms with Crippen molar-refractivity contribution in [3.8, 4) is 0 Å². The molecule has 2 N–H and O–H groups in total. The summed E-state index contributed by atoms with van der Waals surface area (Å²) in [4.78, 5) is 42.7. The number of esters is 2. The Bertz CT molecular complexity index is 754. The maximum Gasteiger partial charge on any atom is 0.469 e. The predicted octanol–water partition coefficient (Wildman–Crippen LogP) is 11.1. The molecule has 8 nitrogen and oxygen atoms in total. The lowest BCUT2D eigenvalue weighted by Gasteiger charge is -2.18. The van der Waals surface area contributed by atoms with Crippen molar-refractivity contribution in [1.29, 1.82) is 0 Å². The number of carbonyl (C=O) groups is 2. The second kappa shape index (κ2) is 33.7. The molecule has 272 valence electrons. The van der Waals surface area contributed by atoms with Crippen molar-refractivity contribution in [2.45, 2.75) is 199 Å². The Morgan fingerprint density at radius 1 is 0.587 bits per heavy atom. The lowest BCUT2D eigenvalue weighted by atomic mass is 10.0. The zero-order chi connectivity index (χ0) is 34.0. The second-order valence-corrected chi connectivity index (χ2v) is 14.2. The van der Waals surface area contributed by atoms with Crippen LogP contribution in [-0.4, -0.2) is 41.0 Å². The third-order valence-electron chi connectivity index (χ3n) is 8.43. The van der Waals surface area contributed by atoms with Gasteiger partial charge in [0.2, 0.25) is 0 Å². The van der Waals surface area contributed by atoms with Crippen molar-refractivity contribution in [2.75, 3.05) is 13.2 Å². The highest BCUT2D eigenvalue weighted by Gasteiger charge is 2.22. The monoisotopic (exact) mass is 674 g/mol. The SMILES string of the molecule is C=CCCCCCCCCCCCCCCCC(=O)OC[C@H](COP(=O)(O)O)OC(=O)CCCCCCCCCCCCCCC. The van der Waals surface area contributed by atoms with Crippen LogP contribution < -0.4 is 0 Å². The molecule has 46 heavy (non-hydrogen) atoms. The molecular weight excluding hydrogens is 603 g/mol. The number of hydrogen-bond acceptors (Lipinski definition) is 6. The number of rotatable bonds is 36. The molecule has 0 fully saturated rings. The van der Waals surface area contributed by atoms with Gasteiger partial charge < -0.3 is 19.3 Å². The maximum atomic E-state index is 12.3. The summed E-state index contributed by atoms with van der Waals surface area (Å²) in [6.07, 6.45) is 33.9. The molecule has 0 aromatic rings. The highest BCUT2D eigenvalue weighted by Crippen LogP contribution is 2.36. The molecule has 0 heterocycles. The molecule has 0 amide bonds. The third kappa shape index (κ3) is 35.6. The van der Waals surface area contributed by atoms with Crippen LogP contribution in [0.3, 0.4) is 0 Å². The van der Waals surface area contributed by atoms with Gasteiger partial charge in [0.05, 0.1) is 6.61 Å². The van der Waals surface area contributed by atoms with Crippen LogP contribution in [0.1, 0.15) is 193 Å². The first-order valence-corrected chi connectivity index (χ1v) is 20.5. The topological polar surface area (TPSA) is 119 Å². The molecule has 0 aliphatic heterocycles. The number of unbranched alkanes of at least 4 members (excludes halogenated alkanes) is 25. The first kappa shape index (κ1) is 44.8. The van der Waals surface area contributed by atoms with E-state index in [0.29, 0.717) is 6.42 Å². The van der Waals surface area contributed by atoms with Crippen LogP contribution in [0.4, 0.5) is 0 Å². The third-order valence-corrected chi connectivity index (χ3v) is 8.92. The lowest BCUT2D eigenvalue weighted by Crippen LogP contribution is -2.29. The summed E-state index contributed by atoms with van der Waals surface area (Å²) < 4.78 is 26.3. The van der Waals surface area contributed by atoms with Gasteiger partial charge in [-0.1, -0.05) is 161 Å². The summed E-state index contributed by atoms with van der Waals surface area (Å²) >= 11 is 0. The summed E-state index contributed by atoms with van der Waals surface area (Å²) in [5, 5.41) is 0. The summed E-state index contributed by atoms with van der Waals surface area (Å²) in [6, 6.07) is 0. The summed E-state index contributed by atoms with van der Waals surface area (Å²) in [5.41, 5.74) is 0. The molecule has 0 bridgehead atoms. The average Bonchev–Trinajstić information content (AvgIpc) is 3.02. The molecule has 0 saturated carbocycles. The highest BCUT2D eigenvalue weighted by atomic mass is 31.2. The maximum absolute atomic E-state index is 12.3. The molecule has 0 spiro atoms. The smallest absolute Gasteiger partial charge is 0.462 e. The van der Waals surface area contributed by atoms with Crippen molar-refractivity contribution in [3.05, 3.63) is 12.7 Å². The van der Waals surface area contributed by atoms with E-state index in [1.165, 1.54) is 122 Å². The van der Waals surface area contributed by atoms with Crippen LogP contribution in [-0.2, 0) is 28.2 Å². The van der Waals surface area contributed by atoms with Crippen LogP contribution in [0.15, 0.2) is 12.7 Å². The Morgan fingerprint density at radius 2 is 0.957 bits per heavy atom. The van der Waals surface area contributed by atoms with E-state index >= 15 is 0 Å². The second-order valence-electron chi connectivity index (χ2n) is 13.0. The number of phosphoric acid groups is 1. The fraction of sp³-hybridized carbons (Fsp3) is 0.892. The number of hydrogen-bond donors (Lipinski definition) is 2. The number of ether oxygens (including phenoxy) is 2. The van der Waals surface area contributed by atoms with Crippen LogP contribution >= 0.6 is 7.82 Å². The molecular formula is C37H71O8P. The first-order valence-electron chi connectivity index (χ1n) is 18.9. The van der Waals surface area contributed by atoms with Crippen molar-refractivity contribution >= 4 is 19.8 Å². The molecule has 1 atom stereocenters. The normalized spacial score (nSPS) is 12.2. The molecule has 0 unspecified atom stereocenters. The highest BCUT2D eigenvalue weighted by molar-refractivity contribution is 7.46. The largest absolute Gasteiger partial charge is 0.469 e. The van der Waals surface area contributed by atoms with E-state index in [-0.39, 0.29) is 19.4 Å². The zero-order valence-electron chi connectivity index (χ0n) is 29.6. The van der Waals surface area contributed by atoms with Gasteiger partial charge in [0.15, 0.2) is 6.10 Å². The van der Waals surface area contributed by atoms with Crippen molar-refractivity contribution in [3.63, 3.8) is 0 Å². The molecule has 0 aliphatic rings. The lowest BCUT2D eigenvalue weighted by molar-refractivity contribution is -0.161. The fourth-order valence-electron chi connectivity index (χ4n) is 5.59. The summed E-state index contributed by atoms with van der Waals surface area (Å²) in [6.45, 7) is 5.20. The Morgan fingerprint density at radius 3 is 1.35 bits per heavy atom. The molecule has 0 rings (SSSR count). The van der Waals surface area contributed by atoms with Gasteiger partial charge in [-0.25, -0.2) is 4.57 Å². The van der Waals surface area contributed by atoms with Gasteiger partial charge in [0.25, 0.3) is 0 Å². The van der Waals surface area contributed by atoms with Crippen molar-refractivity contribution in [1.82, 2.24) is 0 Å². The van der Waals surface area contributed by atoms with Gasteiger partial charge in [-0.3, -0.25) is 14.1 Å². The van der Waals surface area contributed by atoms with E-state index in [0.717, 1.165) is 44.9 Å². The Balaban J connectivity index is 3.91. The van der Waals surface area contributed by atoms with Crippen molar-refractivity contribution < 1.29 is 37.9 Å². The number of carbonyl (C=O) groups excluding carboxylic acids is 2. The van der Waals surface area contributed by atoms with Gasteiger partial charge in [0.1, 0.15) is 6.61 Å². The average molecular weight is 675 g/mol. The van der Waals surface area contributed by atoms with E-state index in [1.807, 2.05) is 6.08 Å². The van der Waals surface area contributed by atoms with E-state index in [2.05, 4.69) is 18.0 Å². The van der Waals surface area contributed by atoms with Gasteiger partial charge in [0, 0.05) is 12.8 Å². The molecule has 0 aliphatic carbocycles. The molecule has 0 aromatic carbocycles. The van der Waals surface area contributed by atoms with Gasteiger partial charge >= 0.3 is 19.8 Å². The standard InChI is InChI=1S/C37H71O8P/c1-3-5-7-9-11-13-15-17-18-20-21-23-25-27-29-31-36(38)43-33-35(34-44-46(40,41)42)45-37(39)32-30-28-26-24-22-19-16-14-12-10-8-6-4-2/h3,35H,1,4-34H2,2H3,(H2,40,41,42)/t35-/m1/s1. The van der Waals surface area contributed by atoms with Gasteiger partial charge in [-0.2, -0.15) is 0 Å². The van der Waals surface area contributed by atoms with Gasteiger partial charge in [-0.05, 0) is 25.7 Å². The molecule has 9 heteroatoms. The number of phosphoric ester groups is 1. The van der Waals surface area contributed by atoms with Gasteiger partial charge in [-0.15, -0.1) is 6.58 Å². The Kier molecular flexibility index (Phi) is 32.8. The first-order chi connectivity index (χ1) is 22.3. The van der Waals surface area contributed by atoms with E-state index in [9.17, 15) is 14.2 Å². The minimum Gasteiger partial charge on any atom is -0.462 e. The number of allylic oxidation sites excluding steroid dienone is 1. The van der Waals surface area contributed by atoms with E-state index in [1.54, 1.807) is 0 Å². The molecule has 0 saturated heterocycles. The van der Waals surface area contributed by atoms with Crippen molar-refractivity contribution in [2.24, 2.45) is 0 Å². The van der Waals surface area contributed by atoms with Crippen LogP contribution in [0.5, 0.6) is 0 Å². The quantitative estimate of drug-likeness (QED) is 0.0292. The van der Waals surface area contributed by atoms with Crippen LogP contribution in [0, 0.1) is 0 Å². The van der Waals surface area contributed by atoms with E-state index < -0.39 is 32.5 Å². The van der Waals surface area contributed by atoms with Crippen LogP contribution in [0.2, 0.25) is 0 Å². The summed E-state index contributed by atoms with van der Waals surface area (Å²) in [7, 11) is -4.74. The minimum absolute atomic E-state index is 0.217. The van der Waals surface area contributed by atoms with E-state index in [4.69, 9.17) is 19.3 Å². The Labute approximate surface area is 282 Å². The fourth-order valence-corrected chi connectivity index (χ4v) is 5.95. The minimum atomic E-state index is -4.74. The summed E-state index contributed by atoms with van der Waals surface area (Å²) in [5.74, 6) is -0.879. The predicted molar refractivity (Wildman–Crippen MR) is 189 cm³/mol. The van der Waals surface area contributed by atoms with Crippen LogP contribution in [0.25, 0.3) is 0 Å². The Hall–Kier alpha value is -1.21. The molecule has 0 radical (unpaired) electrons. The molecule has 0 aromatic heterocycles. The zero-order valence-corrected chi connectivity index (χ0v) is 30.5.